The van der Waals surface area contributed by atoms with Crippen LogP contribution in [0.5, 0.6) is 5.75 Å². The number of benzene rings is 1. The Bertz CT molecular complexity index is 722. The fraction of sp³-hybridized carbons (Fsp3) is 0.333. The van der Waals surface area contributed by atoms with Crippen molar-refractivity contribution in [2.75, 3.05) is 31.1 Å². The zero-order valence-corrected chi connectivity index (χ0v) is 13.8. The van der Waals surface area contributed by atoms with Crippen LogP contribution in [-0.2, 0) is 6.54 Å². The SMILES string of the molecule is Cc1ccc(O)c(CN2CCN(c3ccc(C(N)=O)cc3)CC2)n1. The van der Waals surface area contributed by atoms with Gasteiger partial charge in [-0.15, -0.1) is 0 Å². The van der Waals surface area contributed by atoms with Crippen LogP contribution in [-0.4, -0.2) is 47.1 Å². The third kappa shape index (κ3) is 3.65. The van der Waals surface area contributed by atoms with E-state index in [4.69, 9.17) is 5.73 Å². The Balaban J connectivity index is 1.59. The van der Waals surface area contributed by atoms with Crippen molar-refractivity contribution in [3.63, 3.8) is 0 Å². The van der Waals surface area contributed by atoms with Gasteiger partial charge in [0.15, 0.2) is 0 Å². The Labute approximate surface area is 141 Å². The normalized spacial score (nSPS) is 15.5. The van der Waals surface area contributed by atoms with Crippen molar-refractivity contribution in [3.05, 3.63) is 53.3 Å². The summed E-state index contributed by atoms with van der Waals surface area (Å²) in [6.45, 7) is 6.16. The van der Waals surface area contributed by atoms with E-state index in [9.17, 15) is 9.90 Å². The third-order valence-corrected chi connectivity index (χ3v) is 4.35. The number of primary amides is 1. The van der Waals surface area contributed by atoms with Gasteiger partial charge in [0, 0.05) is 49.7 Å². The fourth-order valence-corrected chi connectivity index (χ4v) is 2.93. The van der Waals surface area contributed by atoms with Gasteiger partial charge in [-0.1, -0.05) is 0 Å². The molecule has 3 N–H and O–H groups in total. The number of aromatic nitrogens is 1. The molecule has 1 aliphatic rings. The van der Waals surface area contributed by atoms with Crippen molar-refractivity contribution < 1.29 is 9.90 Å². The van der Waals surface area contributed by atoms with Gasteiger partial charge in [0.2, 0.25) is 5.91 Å². The summed E-state index contributed by atoms with van der Waals surface area (Å²) in [6.07, 6.45) is 0. The first-order chi connectivity index (χ1) is 11.5. The number of carbonyl (C=O) groups excluding carboxylic acids is 1. The molecular formula is C18H22N4O2. The monoisotopic (exact) mass is 326 g/mol. The van der Waals surface area contributed by atoms with E-state index in [1.165, 1.54) is 0 Å². The molecule has 0 radical (unpaired) electrons. The Kier molecular flexibility index (Phi) is 4.66. The number of hydrogen-bond acceptors (Lipinski definition) is 5. The predicted molar refractivity (Wildman–Crippen MR) is 93.1 cm³/mol. The average molecular weight is 326 g/mol. The first kappa shape index (κ1) is 16.3. The Morgan fingerprint density at radius 3 is 2.42 bits per heavy atom. The van der Waals surface area contributed by atoms with Crippen molar-refractivity contribution in [2.45, 2.75) is 13.5 Å². The van der Waals surface area contributed by atoms with E-state index in [0.717, 1.165) is 43.3 Å². The smallest absolute Gasteiger partial charge is 0.248 e. The van der Waals surface area contributed by atoms with Gasteiger partial charge in [0.1, 0.15) is 5.75 Å². The highest BCUT2D eigenvalue weighted by molar-refractivity contribution is 5.93. The lowest BCUT2D eigenvalue weighted by atomic mass is 10.1. The molecule has 0 saturated carbocycles. The fourth-order valence-electron chi connectivity index (χ4n) is 2.93. The average Bonchev–Trinajstić information content (AvgIpc) is 2.59. The quantitative estimate of drug-likeness (QED) is 0.890. The maximum atomic E-state index is 11.1. The first-order valence-electron chi connectivity index (χ1n) is 8.05. The molecule has 0 bridgehead atoms. The molecule has 2 heterocycles. The van der Waals surface area contributed by atoms with Gasteiger partial charge in [0.05, 0.1) is 5.69 Å². The van der Waals surface area contributed by atoms with Crippen molar-refractivity contribution in [3.8, 4) is 5.75 Å². The standard InChI is InChI=1S/C18H22N4O2/c1-13-2-7-17(23)16(20-13)12-21-8-10-22(11-9-21)15-5-3-14(4-6-15)18(19)24/h2-7,23H,8-12H2,1H3,(H2,19,24). The van der Waals surface area contributed by atoms with E-state index in [1.807, 2.05) is 25.1 Å². The lowest BCUT2D eigenvalue weighted by Crippen LogP contribution is -2.46. The number of aromatic hydroxyl groups is 1. The molecular weight excluding hydrogens is 304 g/mol. The van der Waals surface area contributed by atoms with Gasteiger partial charge in [-0.3, -0.25) is 14.7 Å². The van der Waals surface area contributed by atoms with Gasteiger partial charge in [-0.2, -0.15) is 0 Å². The molecule has 1 aromatic heterocycles. The van der Waals surface area contributed by atoms with Crippen LogP contribution in [0.15, 0.2) is 36.4 Å². The van der Waals surface area contributed by atoms with Crippen molar-refractivity contribution >= 4 is 11.6 Å². The molecule has 1 fully saturated rings. The topological polar surface area (TPSA) is 82.7 Å². The van der Waals surface area contributed by atoms with Crippen molar-refractivity contribution in [1.82, 2.24) is 9.88 Å². The van der Waals surface area contributed by atoms with E-state index < -0.39 is 5.91 Å². The molecule has 2 aromatic rings. The van der Waals surface area contributed by atoms with Crippen LogP contribution in [0.2, 0.25) is 0 Å². The van der Waals surface area contributed by atoms with E-state index >= 15 is 0 Å². The van der Waals surface area contributed by atoms with Crippen LogP contribution in [0.3, 0.4) is 0 Å². The summed E-state index contributed by atoms with van der Waals surface area (Å²) in [7, 11) is 0. The van der Waals surface area contributed by atoms with Crippen LogP contribution in [0, 0.1) is 6.92 Å². The van der Waals surface area contributed by atoms with Gasteiger partial charge in [-0.25, -0.2) is 0 Å². The number of hydrogen-bond donors (Lipinski definition) is 2. The highest BCUT2D eigenvalue weighted by Gasteiger charge is 2.19. The van der Waals surface area contributed by atoms with Gasteiger partial charge in [0.25, 0.3) is 0 Å². The Hall–Kier alpha value is -2.60. The number of carbonyl (C=O) groups is 1. The van der Waals surface area contributed by atoms with Crippen molar-refractivity contribution in [2.24, 2.45) is 5.73 Å². The highest BCUT2D eigenvalue weighted by Crippen LogP contribution is 2.20. The van der Waals surface area contributed by atoms with Crippen LogP contribution in [0.4, 0.5) is 5.69 Å². The molecule has 0 aliphatic carbocycles. The lowest BCUT2D eigenvalue weighted by molar-refractivity contribution is 0.100. The second kappa shape index (κ2) is 6.88. The molecule has 0 atom stereocenters. The molecule has 1 aliphatic heterocycles. The minimum atomic E-state index is -0.406. The molecule has 1 saturated heterocycles. The molecule has 0 unspecified atom stereocenters. The highest BCUT2D eigenvalue weighted by atomic mass is 16.3. The minimum Gasteiger partial charge on any atom is -0.506 e. The summed E-state index contributed by atoms with van der Waals surface area (Å²) in [6, 6.07) is 10.9. The summed E-state index contributed by atoms with van der Waals surface area (Å²) in [5.41, 5.74) is 8.53. The molecule has 6 nitrogen and oxygen atoms in total. The number of nitrogens with two attached hydrogens (primary N) is 1. The molecule has 0 spiro atoms. The van der Waals surface area contributed by atoms with E-state index in [0.29, 0.717) is 12.1 Å². The summed E-state index contributed by atoms with van der Waals surface area (Å²) >= 11 is 0. The van der Waals surface area contributed by atoms with Gasteiger partial charge in [-0.05, 0) is 43.3 Å². The largest absolute Gasteiger partial charge is 0.506 e. The maximum absolute atomic E-state index is 11.1. The second-order valence-corrected chi connectivity index (χ2v) is 6.09. The Morgan fingerprint density at radius 1 is 1.12 bits per heavy atom. The van der Waals surface area contributed by atoms with Crippen LogP contribution >= 0.6 is 0 Å². The maximum Gasteiger partial charge on any atom is 0.248 e. The predicted octanol–water partition coefficient (Wildman–Crippen LogP) is 1.52. The number of amides is 1. The molecule has 126 valence electrons. The zero-order chi connectivity index (χ0) is 17.1. The second-order valence-electron chi connectivity index (χ2n) is 6.09. The van der Waals surface area contributed by atoms with E-state index in [2.05, 4.69) is 14.8 Å². The minimum absolute atomic E-state index is 0.255. The number of pyridine rings is 1. The number of rotatable bonds is 4. The van der Waals surface area contributed by atoms with E-state index in [-0.39, 0.29) is 5.75 Å². The van der Waals surface area contributed by atoms with Crippen LogP contribution in [0.1, 0.15) is 21.7 Å². The van der Waals surface area contributed by atoms with Crippen molar-refractivity contribution in [1.29, 1.82) is 0 Å². The molecule has 1 amide bonds. The van der Waals surface area contributed by atoms with Crippen LogP contribution < -0.4 is 10.6 Å². The summed E-state index contributed by atoms with van der Waals surface area (Å²) in [5, 5.41) is 9.93. The van der Waals surface area contributed by atoms with Gasteiger partial charge < -0.3 is 15.7 Å². The summed E-state index contributed by atoms with van der Waals surface area (Å²) < 4.78 is 0. The molecule has 3 rings (SSSR count). The number of aryl methyl sites for hydroxylation is 1. The van der Waals surface area contributed by atoms with Crippen LogP contribution in [0.25, 0.3) is 0 Å². The molecule has 24 heavy (non-hydrogen) atoms. The molecule has 6 heteroatoms. The first-order valence-corrected chi connectivity index (χ1v) is 8.05. The summed E-state index contributed by atoms with van der Waals surface area (Å²) in [4.78, 5) is 20.1. The van der Waals surface area contributed by atoms with E-state index in [1.54, 1.807) is 18.2 Å². The Morgan fingerprint density at radius 2 is 1.79 bits per heavy atom. The lowest BCUT2D eigenvalue weighted by Gasteiger charge is -2.36. The third-order valence-electron chi connectivity index (χ3n) is 4.35. The molecule has 1 aromatic carbocycles. The number of piperazine rings is 1. The zero-order valence-electron chi connectivity index (χ0n) is 13.8. The van der Waals surface area contributed by atoms with Gasteiger partial charge >= 0.3 is 0 Å². The number of anilines is 1. The summed E-state index contributed by atoms with van der Waals surface area (Å²) in [5.74, 6) is -0.151. The number of nitrogens with zero attached hydrogens (tertiary/aromatic N) is 3.